The predicted molar refractivity (Wildman–Crippen MR) is 58.2 cm³/mol. The van der Waals surface area contributed by atoms with Crippen LogP contribution < -0.4 is 5.32 Å². The van der Waals surface area contributed by atoms with Gasteiger partial charge in [-0.25, -0.2) is 4.79 Å². The topological polar surface area (TPSA) is 32.3 Å². The molecule has 1 saturated heterocycles. The number of rotatable bonds is 3. The number of urea groups is 1. The SMILES string of the molecule is CC(C)C(C(C)C)N1CCCNC1=O. The molecule has 0 atom stereocenters. The molecule has 3 nitrogen and oxygen atoms in total. The number of amides is 2. The Balaban J connectivity index is 2.70. The van der Waals surface area contributed by atoms with Crippen LogP contribution in [0.1, 0.15) is 34.1 Å². The van der Waals surface area contributed by atoms with E-state index in [9.17, 15) is 4.79 Å². The number of nitrogens with zero attached hydrogens (tertiary/aromatic N) is 1. The van der Waals surface area contributed by atoms with Gasteiger partial charge in [0.25, 0.3) is 0 Å². The molecule has 1 aliphatic heterocycles. The summed E-state index contributed by atoms with van der Waals surface area (Å²) in [5.41, 5.74) is 0. The van der Waals surface area contributed by atoms with E-state index >= 15 is 0 Å². The first kappa shape index (κ1) is 11.3. The van der Waals surface area contributed by atoms with Crippen molar-refractivity contribution in [2.24, 2.45) is 11.8 Å². The molecule has 1 aliphatic rings. The van der Waals surface area contributed by atoms with Gasteiger partial charge in [0.15, 0.2) is 0 Å². The molecule has 2 amide bonds. The standard InChI is InChI=1S/C11H22N2O/c1-8(2)10(9(3)4)13-7-5-6-12-11(13)14/h8-10H,5-7H2,1-4H3,(H,12,14). The lowest BCUT2D eigenvalue weighted by Gasteiger charge is -2.39. The molecule has 1 heterocycles. The van der Waals surface area contributed by atoms with Gasteiger partial charge in [0.2, 0.25) is 0 Å². The van der Waals surface area contributed by atoms with Crippen molar-refractivity contribution in [3.63, 3.8) is 0 Å². The normalized spacial score (nSPS) is 18.2. The van der Waals surface area contributed by atoms with E-state index in [4.69, 9.17) is 0 Å². The molecular formula is C11H22N2O. The molecule has 0 unspecified atom stereocenters. The molecule has 1 N–H and O–H groups in total. The van der Waals surface area contributed by atoms with E-state index < -0.39 is 0 Å². The molecule has 0 aliphatic carbocycles. The number of nitrogens with one attached hydrogen (secondary N) is 1. The third kappa shape index (κ3) is 2.40. The first-order valence-electron chi connectivity index (χ1n) is 5.58. The molecule has 0 aromatic carbocycles. The first-order valence-corrected chi connectivity index (χ1v) is 5.58. The van der Waals surface area contributed by atoms with E-state index in [2.05, 4.69) is 33.0 Å². The maximum Gasteiger partial charge on any atom is 0.317 e. The molecule has 0 saturated carbocycles. The molecule has 0 aromatic rings. The zero-order valence-corrected chi connectivity index (χ0v) is 9.71. The van der Waals surface area contributed by atoms with Crippen LogP contribution in [0.5, 0.6) is 0 Å². The summed E-state index contributed by atoms with van der Waals surface area (Å²) in [5, 5.41) is 2.91. The molecular weight excluding hydrogens is 176 g/mol. The average molecular weight is 198 g/mol. The lowest BCUT2D eigenvalue weighted by atomic mass is 9.91. The molecule has 0 bridgehead atoms. The van der Waals surface area contributed by atoms with Crippen molar-refractivity contribution >= 4 is 6.03 Å². The third-order valence-corrected chi connectivity index (χ3v) is 2.84. The fourth-order valence-corrected chi connectivity index (χ4v) is 2.42. The van der Waals surface area contributed by atoms with E-state index in [0.29, 0.717) is 17.9 Å². The van der Waals surface area contributed by atoms with E-state index in [1.54, 1.807) is 0 Å². The highest BCUT2D eigenvalue weighted by molar-refractivity contribution is 5.75. The summed E-state index contributed by atoms with van der Waals surface area (Å²) >= 11 is 0. The average Bonchev–Trinajstić information content (AvgIpc) is 2.07. The Morgan fingerprint density at radius 2 is 1.79 bits per heavy atom. The fourth-order valence-electron chi connectivity index (χ4n) is 2.42. The Labute approximate surface area is 86.9 Å². The highest BCUT2D eigenvalue weighted by atomic mass is 16.2. The molecule has 0 radical (unpaired) electrons. The molecule has 82 valence electrons. The Kier molecular flexibility index (Phi) is 3.78. The number of hydrogen-bond acceptors (Lipinski definition) is 1. The monoisotopic (exact) mass is 198 g/mol. The second-order valence-electron chi connectivity index (χ2n) is 4.76. The van der Waals surface area contributed by atoms with Crippen LogP contribution in [-0.4, -0.2) is 30.1 Å². The molecule has 3 heteroatoms. The van der Waals surface area contributed by atoms with Gasteiger partial charge in [0.1, 0.15) is 0 Å². The lowest BCUT2D eigenvalue weighted by molar-refractivity contribution is 0.117. The maximum absolute atomic E-state index is 11.7. The van der Waals surface area contributed by atoms with E-state index in [1.165, 1.54) is 0 Å². The van der Waals surface area contributed by atoms with Gasteiger partial charge in [-0.05, 0) is 18.3 Å². The van der Waals surface area contributed by atoms with Gasteiger partial charge in [-0.15, -0.1) is 0 Å². The minimum atomic E-state index is 0.114. The van der Waals surface area contributed by atoms with E-state index in [1.807, 2.05) is 4.90 Å². The van der Waals surface area contributed by atoms with Gasteiger partial charge >= 0.3 is 6.03 Å². The Hall–Kier alpha value is -0.730. The van der Waals surface area contributed by atoms with Gasteiger partial charge in [-0.1, -0.05) is 27.7 Å². The zero-order valence-electron chi connectivity index (χ0n) is 9.71. The second-order valence-corrected chi connectivity index (χ2v) is 4.76. The summed E-state index contributed by atoms with van der Waals surface area (Å²) in [4.78, 5) is 13.7. The molecule has 14 heavy (non-hydrogen) atoms. The fraction of sp³-hybridized carbons (Fsp3) is 0.909. The summed E-state index contributed by atoms with van der Waals surface area (Å²) in [6.45, 7) is 10.5. The van der Waals surface area contributed by atoms with Gasteiger partial charge < -0.3 is 10.2 Å². The number of carbonyl (C=O) groups is 1. The minimum Gasteiger partial charge on any atom is -0.338 e. The molecule has 1 rings (SSSR count). The van der Waals surface area contributed by atoms with Gasteiger partial charge in [-0.3, -0.25) is 0 Å². The van der Waals surface area contributed by atoms with Crippen LogP contribution in [0.25, 0.3) is 0 Å². The first-order chi connectivity index (χ1) is 6.54. The zero-order chi connectivity index (χ0) is 10.7. The molecule has 1 fully saturated rings. The van der Waals surface area contributed by atoms with Crippen molar-refractivity contribution in [2.75, 3.05) is 13.1 Å². The summed E-state index contributed by atoms with van der Waals surface area (Å²) in [7, 11) is 0. The van der Waals surface area contributed by atoms with Crippen molar-refractivity contribution in [3.05, 3.63) is 0 Å². The van der Waals surface area contributed by atoms with Crippen LogP contribution in [0.15, 0.2) is 0 Å². The lowest BCUT2D eigenvalue weighted by Crippen LogP contribution is -2.54. The van der Waals surface area contributed by atoms with Crippen LogP contribution in [0.4, 0.5) is 4.79 Å². The van der Waals surface area contributed by atoms with Crippen molar-refractivity contribution in [1.29, 1.82) is 0 Å². The summed E-state index contributed by atoms with van der Waals surface area (Å²) in [6.07, 6.45) is 1.07. The quantitative estimate of drug-likeness (QED) is 0.740. The van der Waals surface area contributed by atoms with Gasteiger partial charge in [0.05, 0.1) is 0 Å². The van der Waals surface area contributed by atoms with Gasteiger partial charge in [0, 0.05) is 19.1 Å². The van der Waals surface area contributed by atoms with Crippen molar-refractivity contribution < 1.29 is 4.79 Å². The Morgan fingerprint density at radius 1 is 1.21 bits per heavy atom. The van der Waals surface area contributed by atoms with Crippen LogP contribution >= 0.6 is 0 Å². The molecule has 0 spiro atoms. The summed E-state index contributed by atoms with van der Waals surface area (Å²) in [6, 6.07) is 0.485. The Bertz CT molecular complexity index is 193. The van der Waals surface area contributed by atoms with E-state index in [-0.39, 0.29) is 6.03 Å². The summed E-state index contributed by atoms with van der Waals surface area (Å²) in [5.74, 6) is 1.05. The minimum absolute atomic E-state index is 0.114. The summed E-state index contributed by atoms with van der Waals surface area (Å²) < 4.78 is 0. The molecule has 0 aromatic heterocycles. The predicted octanol–water partition coefficient (Wildman–Crippen LogP) is 2.08. The highest BCUT2D eigenvalue weighted by Gasteiger charge is 2.30. The Morgan fingerprint density at radius 3 is 2.21 bits per heavy atom. The van der Waals surface area contributed by atoms with E-state index in [0.717, 1.165) is 19.5 Å². The van der Waals surface area contributed by atoms with Crippen LogP contribution in [0, 0.1) is 11.8 Å². The van der Waals surface area contributed by atoms with Crippen LogP contribution in [0.2, 0.25) is 0 Å². The maximum atomic E-state index is 11.7. The third-order valence-electron chi connectivity index (χ3n) is 2.84. The van der Waals surface area contributed by atoms with Crippen LogP contribution in [0.3, 0.4) is 0 Å². The van der Waals surface area contributed by atoms with Crippen molar-refractivity contribution in [3.8, 4) is 0 Å². The smallest absolute Gasteiger partial charge is 0.317 e. The number of hydrogen-bond donors (Lipinski definition) is 1. The number of carbonyl (C=O) groups excluding carboxylic acids is 1. The van der Waals surface area contributed by atoms with Crippen molar-refractivity contribution in [1.82, 2.24) is 10.2 Å². The second kappa shape index (κ2) is 4.67. The van der Waals surface area contributed by atoms with Crippen LogP contribution in [-0.2, 0) is 0 Å². The van der Waals surface area contributed by atoms with Gasteiger partial charge in [-0.2, -0.15) is 0 Å². The largest absolute Gasteiger partial charge is 0.338 e. The van der Waals surface area contributed by atoms with Crippen molar-refractivity contribution in [2.45, 2.75) is 40.2 Å². The highest BCUT2D eigenvalue weighted by Crippen LogP contribution is 2.20.